The molecule has 21 heavy (non-hydrogen) atoms. The van der Waals surface area contributed by atoms with Crippen LogP contribution in [0.4, 0.5) is 5.82 Å². The first-order valence-corrected chi connectivity index (χ1v) is 6.72. The van der Waals surface area contributed by atoms with Gasteiger partial charge < -0.3 is 16.0 Å². The number of anilines is 1. The van der Waals surface area contributed by atoms with E-state index in [4.69, 9.17) is 0 Å². The minimum atomic E-state index is -0.0735. The Morgan fingerprint density at radius 3 is 2.67 bits per heavy atom. The highest BCUT2D eigenvalue weighted by molar-refractivity contribution is 14.0. The quantitative estimate of drug-likeness (QED) is 0.397. The lowest BCUT2D eigenvalue weighted by Crippen LogP contribution is -2.41. The molecule has 0 aliphatic rings. The van der Waals surface area contributed by atoms with E-state index in [1.54, 1.807) is 13.1 Å². The lowest BCUT2D eigenvalue weighted by atomic mass is 10.3. The Morgan fingerprint density at radius 1 is 1.38 bits per heavy atom. The molecule has 118 valence electrons. The highest BCUT2D eigenvalue weighted by Gasteiger charge is 2.05. The van der Waals surface area contributed by atoms with Crippen molar-refractivity contribution in [2.45, 2.75) is 33.2 Å². The van der Waals surface area contributed by atoms with Gasteiger partial charge in [0, 0.05) is 31.7 Å². The SMILES string of the molecule is CN=C(NCCC(=O)Nc1cccc(C)n1)NC(C)C.I. The molecule has 0 saturated heterocycles. The van der Waals surface area contributed by atoms with Crippen LogP contribution < -0.4 is 16.0 Å². The number of aryl methyl sites for hydroxylation is 1. The molecule has 6 nitrogen and oxygen atoms in total. The number of amides is 1. The lowest BCUT2D eigenvalue weighted by molar-refractivity contribution is -0.116. The summed E-state index contributed by atoms with van der Waals surface area (Å²) in [6, 6.07) is 5.83. The second-order valence-corrected chi connectivity index (χ2v) is 4.76. The number of aromatic nitrogens is 1. The van der Waals surface area contributed by atoms with Gasteiger partial charge in [-0.05, 0) is 32.9 Å². The van der Waals surface area contributed by atoms with Crippen LogP contribution in [0.15, 0.2) is 23.2 Å². The topological polar surface area (TPSA) is 78.4 Å². The van der Waals surface area contributed by atoms with Crippen LogP contribution in [0.5, 0.6) is 0 Å². The van der Waals surface area contributed by atoms with Crippen LogP contribution in [-0.4, -0.2) is 36.5 Å². The molecule has 1 aromatic rings. The van der Waals surface area contributed by atoms with E-state index in [0.29, 0.717) is 30.8 Å². The highest BCUT2D eigenvalue weighted by atomic mass is 127. The Morgan fingerprint density at radius 2 is 2.10 bits per heavy atom. The number of nitrogens with zero attached hydrogens (tertiary/aromatic N) is 2. The number of carbonyl (C=O) groups excluding carboxylic acids is 1. The number of pyridine rings is 1. The van der Waals surface area contributed by atoms with E-state index < -0.39 is 0 Å². The first kappa shape index (κ1) is 19.6. The summed E-state index contributed by atoms with van der Waals surface area (Å²) in [6.07, 6.45) is 0.356. The Kier molecular flexibility index (Phi) is 9.68. The van der Waals surface area contributed by atoms with Crippen molar-refractivity contribution in [1.29, 1.82) is 0 Å². The van der Waals surface area contributed by atoms with E-state index in [0.717, 1.165) is 5.69 Å². The summed E-state index contributed by atoms with van der Waals surface area (Å²) in [5.41, 5.74) is 0.877. The fourth-order valence-corrected chi connectivity index (χ4v) is 1.58. The summed E-state index contributed by atoms with van der Waals surface area (Å²) in [6.45, 7) is 6.47. The number of nitrogens with one attached hydrogen (secondary N) is 3. The second kappa shape index (κ2) is 10.4. The van der Waals surface area contributed by atoms with E-state index in [1.807, 2.05) is 32.9 Å². The molecule has 0 unspecified atom stereocenters. The molecule has 0 spiro atoms. The van der Waals surface area contributed by atoms with E-state index in [9.17, 15) is 4.79 Å². The molecule has 3 N–H and O–H groups in total. The predicted molar refractivity (Wildman–Crippen MR) is 97.3 cm³/mol. The fraction of sp³-hybridized carbons (Fsp3) is 0.500. The fourth-order valence-electron chi connectivity index (χ4n) is 1.58. The first-order valence-electron chi connectivity index (χ1n) is 6.72. The predicted octanol–water partition coefficient (Wildman–Crippen LogP) is 1.91. The normalized spacial score (nSPS) is 10.8. The molecule has 0 bridgehead atoms. The van der Waals surface area contributed by atoms with Crippen molar-refractivity contribution in [3.8, 4) is 0 Å². The summed E-state index contributed by atoms with van der Waals surface area (Å²) >= 11 is 0. The van der Waals surface area contributed by atoms with Crippen LogP contribution in [-0.2, 0) is 4.79 Å². The molecular weight excluding hydrogens is 381 g/mol. The van der Waals surface area contributed by atoms with Gasteiger partial charge in [0.25, 0.3) is 0 Å². The molecular formula is C14H24IN5O. The van der Waals surface area contributed by atoms with Gasteiger partial charge in [0.15, 0.2) is 5.96 Å². The van der Waals surface area contributed by atoms with Crippen molar-refractivity contribution in [1.82, 2.24) is 15.6 Å². The van der Waals surface area contributed by atoms with Crippen LogP contribution in [0, 0.1) is 6.92 Å². The third-order valence-electron chi connectivity index (χ3n) is 2.45. The van der Waals surface area contributed by atoms with Crippen LogP contribution in [0.3, 0.4) is 0 Å². The Labute approximate surface area is 143 Å². The largest absolute Gasteiger partial charge is 0.356 e. The van der Waals surface area contributed by atoms with E-state index in [2.05, 4.69) is 25.9 Å². The van der Waals surface area contributed by atoms with E-state index in [-0.39, 0.29) is 29.9 Å². The minimum Gasteiger partial charge on any atom is -0.356 e. The molecule has 1 rings (SSSR count). The van der Waals surface area contributed by atoms with Gasteiger partial charge in [-0.2, -0.15) is 0 Å². The Bertz CT molecular complexity index is 476. The van der Waals surface area contributed by atoms with Gasteiger partial charge in [-0.15, -0.1) is 24.0 Å². The maximum absolute atomic E-state index is 11.8. The average molecular weight is 405 g/mol. The van der Waals surface area contributed by atoms with Gasteiger partial charge in [0.05, 0.1) is 0 Å². The summed E-state index contributed by atoms with van der Waals surface area (Å²) in [7, 11) is 1.70. The van der Waals surface area contributed by atoms with E-state index >= 15 is 0 Å². The zero-order valence-electron chi connectivity index (χ0n) is 12.9. The molecule has 0 aliphatic heterocycles. The molecule has 0 aliphatic carbocycles. The van der Waals surface area contributed by atoms with Gasteiger partial charge >= 0.3 is 0 Å². The van der Waals surface area contributed by atoms with Crippen LogP contribution in [0.2, 0.25) is 0 Å². The van der Waals surface area contributed by atoms with Crippen molar-refractivity contribution in [3.05, 3.63) is 23.9 Å². The standard InChI is InChI=1S/C14H23N5O.HI/c1-10(2)17-14(15-4)16-9-8-13(20)19-12-7-5-6-11(3)18-12;/h5-7,10H,8-9H2,1-4H3,(H2,15,16,17)(H,18,19,20);1H. The van der Waals surface area contributed by atoms with Crippen molar-refractivity contribution in [2.24, 2.45) is 4.99 Å². The Balaban J connectivity index is 0.00000400. The van der Waals surface area contributed by atoms with Crippen molar-refractivity contribution < 1.29 is 4.79 Å². The zero-order valence-corrected chi connectivity index (χ0v) is 15.3. The van der Waals surface area contributed by atoms with Gasteiger partial charge in [0.1, 0.15) is 5.82 Å². The average Bonchev–Trinajstić information content (AvgIpc) is 2.37. The molecule has 0 aromatic carbocycles. The summed E-state index contributed by atoms with van der Waals surface area (Å²) in [4.78, 5) is 20.1. The van der Waals surface area contributed by atoms with E-state index in [1.165, 1.54) is 0 Å². The lowest BCUT2D eigenvalue weighted by Gasteiger charge is -2.14. The summed E-state index contributed by atoms with van der Waals surface area (Å²) < 4.78 is 0. The van der Waals surface area contributed by atoms with Crippen molar-refractivity contribution in [2.75, 3.05) is 18.9 Å². The molecule has 0 atom stereocenters. The van der Waals surface area contributed by atoms with Crippen LogP contribution >= 0.6 is 24.0 Å². The number of carbonyl (C=O) groups is 1. The minimum absolute atomic E-state index is 0. The van der Waals surface area contributed by atoms with Gasteiger partial charge in [-0.1, -0.05) is 6.07 Å². The third-order valence-corrected chi connectivity index (χ3v) is 2.45. The van der Waals surface area contributed by atoms with Crippen LogP contribution in [0.25, 0.3) is 0 Å². The smallest absolute Gasteiger partial charge is 0.227 e. The molecule has 1 aromatic heterocycles. The second-order valence-electron chi connectivity index (χ2n) is 4.76. The summed E-state index contributed by atoms with van der Waals surface area (Å²) in [5.74, 6) is 1.21. The number of halogens is 1. The third kappa shape index (κ3) is 8.49. The van der Waals surface area contributed by atoms with Gasteiger partial charge in [-0.25, -0.2) is 4.98 Å². The van der Waals surface area contributed by atoms with Crippen molar-refractivity contribution in [3.63, 3.8) is 0 Å². The van der Waals surface area contributed by atoms with Crippen LogP contribution in [0.1, 0.15) is 26.0 Å². The number of hydrogen-bond acceptors (Lipinski definition) is 3. The summed E-state index contributed by atoms with van der Waals surface area (Å²) in [5, 5.41) is 9.01. The first-order chi connectivity index (χ1) is 9.51. The maximum atomic E-state index is 11.8. The van der Waals surface area contributed by atoms with Crippen molar-refractivity contribution >= 4 is 41.7 Å². The monoisotopic (exact) mass is 405 g/mol. The molecule has 0 radical (unpaired) electrons. The number of rotatable bonds is 5. The molecule has 7 heteroatoms. The van der Waals surface area contributed by atoms with Gasteiger partial charge in [-0.3, -0.25) is 9.79 Å². The number of aliphatic imine (C=N–C) groups is 1. The number of hydrogen-bond donors (Lipinski definition) is 3. The molecule has 0 saturated carbocycles. The zero-order chi connectivity index (χ0) is 15.0. The molecule has 1 heterocycles. The van der Waals surface area contributed by atoms with Gasteiger partial charge in [0.2, 0.25) is 5.91 Å². The molecule has 1 amide bonds. The maximum Gasteiger partial charge on any atom is 0.227 e. The Hall–Kier alpha value is -1.38. The molecule has 0 fully saturated rings. The number of guanidine groups is 1. The highest BCUT2D eigenvalue weighted by Crippen LogP contribution is 2.03.